The molecule has 0 atom stereocenters. The minimum absolute atomic E-state index is 0.890. The van der Waals surface area contributed by atoms with Gasteiger partial charge in [0.05, 0.1) is 10.8 Å². The number of allylic oxidation sites excluding steroid dienone is 4. The molecule has 26 heavy (non-hydrogen) atoms. The van der Waals surface area contributed by atoms with Crippen LogP contribution in [-0.4, -0.2) is 29.0 Å². The van der Waals surface area contributed by atoms with E-state index in [9.17, 15) is 10.2 Å². The van der Waals surface area contributed by atoms with Gasteiger partial charge in [-0.25, -0.2) is 0 Å². The summed E-state index contributed by atoms with van der Waals surface area (Å²) in [6, 6.07) is 0. The molecular weight excluding hydrogens is 461 g/mol. The van der Waals surface area contributed by atoms with E-state index >= 15 is 0 Å². The van der Waals surface area contributed by atoms with Gasteiger partial charge in [-0.1, -0.05) is 106 Å². The second-order valence-corrected chi connectivity index (χ2v) is 11.4. The Bertz CT molecular complexity index is 665. The fraction of sp³-hybridized carbons (Fsp3) is 0.444. The van der Waals surface area contributed by atoms with E-state index in [0.29, 0.717) is 0 Å². The van der Waals surface area contributed by atoms with Gasteiger partial charge in [0.2, 0.25) is 7.59 Å². The van der Waals surface area contributed by atoms with Crippen molar-refractivity contribution in [1.82, 2.24) is 0 Å². The Labute approximate surface area is 183 Å². The number of aliphatic hydroxyl groups is 2. The third kappa shape index (κ3) is 4.59. The number of alkyl halides is 6. The Kier molecular flexibility index (Phi) is 5.97. The van der Waals surface area contributed by atoms with Crippen molar-refractivity contribution in [2.75, 3.05) is 0 Å². The highest BCUT2D eigenvalue weighted by atomic mass is 35.6. The fourth-order valence-corrected chi connectivity index (χ4v) is 2.92. The van der Waals surface area contributed by atoms with Crippen LogP contribution >= 0.6 is 69.6 Å². The Balaban J connectivity index is 2.24. The molecule has 0 aliphatic heterocycles. The minimum Gasteiger partial charge on any atom is -0.370 e. The van der Waals surface area contributed by atoms with E-state index in [1.54, 1.807) is 38.2 Å². The number of hydrogen-bond acceptors (Lipinski definition) is 2. The lowest BCUT2D eigenvalue weighted by molar-refractivity contribution is 0.187. The van der Waals surface area contributed by atoms with E-state index < -0.39 is 29.6 Å². The highest BCUT2D eigenvalue weighted by molar-refractivity contribution is 6.68. The van der Waals surface area contributed by atoms with Crippen molar-refractivity contribution >= 4 is 69.6 Å². The quantitative estimate of drug-likeness (QED) is 0.277. The van der Waals surface area contributed by atoms with Gasteiger partial charge in [0.15, 0.2) is 11.2 Å². The van der Waals surface area contributed by atoms with Gasteiger partial charge in [0.1, 0.15) is 0 Å². The first-order valence-electron chi connectivity index (χ1n) is 7.47. The molecule has 2 aliphatic carbocycles. The number of halogens is 6. The summed E-state index contributed by atoms with van der Waals surface area (Å²) in [5.74, 6) is 5.23. The van der Waals surface area contributed by atoms with E-state index in [1.165, 1.54) is 24.3 Å². The molecule has 0 heterocycles. The van der Waals surface area contributed by atoms with Gasteiger partial charge in [0, 0.05) is 0 Å². The Hall–Kier alpha value is 0.180. The van der Waals surface area contributed by atoms with Crippen molar-refractivity contribution in [2.45, 2.75) is 32.6 Å². The first kappa shape index (κ1) is 22.5. The summed E-state index contributed by atoms with van der Waals surface area (Å²) in [6.07, 6.45) is 11.9. The minimum atomic E-state index is -1.61. The topological polar surface area (TPSA) is 40.5 Å². The van der Waals surface area contributed by atoms with Crippen LogP contribution in [0.3, 0.4) is 0 Å². The molecule has 2 nitrogen and oxygen atoms in total. The van der Waals surface area contributed by atoms with Gasteiger partial charge in [-0.3, -0.25) is 0 Å². The Morgan fingerprint density at radius 3 is 1.00 bits per heavy atom. The van der Waals surface area contributed by atoms with Gasteiger partial charge in [-0.05, 0) is 38.2 Å². The van der Waals surface area contributed by atoms with Crippen LogP contribution < -0.4 is 0 Å². The standard InChI is InChI=1S/C18H16Cl6O2/c1-13(17(19,20)21)3-7-15(25,8-4-13)11-12-16(26)9-5-14(2,6-10-16)18(22,23)24/h3-10,25-26H,1-2H3. The summed E-state index contributed by atoms with van der Waals surface area (Å²) in [6.45, 7) is 3.41. The molecule has 142 valence electrons. The largest absolute Gasteiger partial charge is 0.370 e. The molecular formula is C18H16Cl6O2. The van der Waals surface area contributed by atoms with Crippen LogP contribution in [0.15, 0.2) is 48.6 Å². The second-order valence-electron chi connectivity index (χ2n) is 6.79. The maximum atomic E-state index is 10.5. The molecule has 0 spiro atoms. The van der Waals surface area contributed by atoms with Crippen LogP contribution in [0.4, 0.5) is 0 Å². The lowest BCUT2D eigenvalue weighted by atomic mass is 9.81. The van der Waals surface area contributed by atoms with E-state index in [0.717, 1.165) is 0 Å². The fourth-order valence-electron chi connectivity index (χ4n) is 2.17. The zero-order valence-electron chi connectivity index (χ0n) is 13.8. The molecule has 2 rings (SSSR count). The summed E-state index contributed by atoms with van der Waals surface area (Å²) in [7, 11) is 0. The lowest BCUT2D eigenvalue weighted by Gasteiger charge is -2.35. The number of hydrogen-bond donors (Lipinski definition) is 2. The molecule has 0 saturated heterocycles. The molecule has 0 aromatic heterocycles. The van der Waals surface area contributed by atoms with Crippen LogP contribution in [0.2, 0.25) is 0 Å². The third-order valence-corrected chi connectivity index (χ3v) is 6.86. The molecule has 0 fully saturated rings. The van der Waals surface area contributed by atoms with Crippen molar-refractivity contribution in [3.05, 3.63) is 48.6 Å². The second kappa shape index (κ2) is 6.90. The molecule has 0 aromatic rings. The van der Waals surface area contributed by atoms with Crippen molar-refractivity contribution in [1.29, 1.82) is 0 Å². The summed E-state index contributed by atoms with van der Waals surface area (Å²) >= 11 is 35.7. The maximum absolute atomic E-state index is 10.5. The molecule has 8 heteroatoms. The summed E-state index contributed by atoms with van der Waals surface area (Å²) in [5, 5.41) is 21.1. The molecule has 2 N–H and O–H groups in total. The monoisotopic (exact) mass is 474 g/mol. The molecule has 0 amide bonds. The van der Waals surface area contributed by atoms with E-state index in [2.05, 4.69) is 11.8 Å². The van der Waals surface area contributed by atoms with Gasteiger partial charge < -0.3 is 10.2 Å². The maximum Gasteiger partial charge on any atom is 0.202 e. The molecule has 0 bridgehead atoms. The van der Waals surface area contributed by atoms with E-state index in [1.807, 2.05) is 0 Å². The van der Waals surface area contributed by atoms with Gasteiger partial charge in [-0.15, -0.1) is 0 Å². The van der Waals surface area contributed by atoms with Gasteiger partial charge in [0.25, 0.3) is 0 Å². The average molecular weight is 477 g/mol. The third-order valence-electron chi connectivity index (χ3n) is 4.42. The average Bonchev–Trinajstić information content (AvgIpc) is 2.50. The zero-order valence-corrected chi connectivity index (χ0v) is 18.3. The first-order valence-corrected chi connectivity index (χ1v) is 9.74. The Morgan fingerprint density at radius 1 is 0.577 bits per heavy atom. The highest BCUT2D eigenvalue weighted by Crippen LogP contribution is 2.49. The first-order chi connectivity index (χ1) is 11.5. The van der Waals surface area contributed by atoms with Crippen LogP contribution in [0, 0.1) is 22.7 Å². The van der Waals surface area contributed by atoms with Crippen LogP contribution in [0.1, 0.15) is 13.8 Å². The van der Waals surface area contributed by atoms with Crippen LogP contribution in [0.5, 0.6) is 0 Å². The van der Waals surface area contributed by atoms with Gasteiger partial charge >= 0.3 is 0 Å². The van der Waals surface area contributed by atoms with E-state index in [4.69, 9.17) is 69.6 Å². The van der Waals surface area contributed by atoms with Crippen molar-refractivity contribution in [2.24, 2.45) is 10.8 Å². The van der Waals surface area contributed by atoms with E-state index in [-0.39, 0.29) is 0 Å². The zero-order chi connectivity index (χ0) is 20.1. The van der Waals surface area contributed by atoms with Crippen LogP contribution in [-0.2, 0) is 0 Å². The smallest absolute Gasteiger partial charge is 0.202 e. The molecule has 0 saturated carbocycles. The molecule has 0 aromatic carbocycles. The predicted molar refractivity (Wildman–Crippen MR) is 111 cm³/mol. The Morgan fingerprint density at radius 2 is 0.808 bits per heavy atom. The van der Waals surface area contributed by atoms with Crippen molar-refractivity contribution in [3.63, 3.8) is 0 Å². The molecule has 0 unspecified atom stereocenters. The normalized spacial score (nSPS) is 39.6. The molecule has 2 aliphatic rings. The lowest BCUT2D eigenvalue weighted by Crippen LogP contribution is -2.36. The SMILES string of the molecule is CC1(C(Cl)(Cl)Cl)C=CC(O)(C#CC2(O)C=CC(C)(C(Cl)(Cl)Cl)C=C2)C=C1. The van der Waals surface area contributed by atoms with Crippen molar-refractivity contribution < 1.29 is 10.2 Å². The van der Waals surface area contributed by atoms with Crippen LogP contribution in [0.25, 0.3) is 0 Å². The summed E-state index contributed by atoms with van der Waals surface area (Å²) < 4.78 is -3.16. The summed E-state index contributed by atoms with van der Waals surface area (Å²) in [4.78, 5) is 0. The molecule has 0 radical (unpaired) electrons. The number of rotatable bonds is 0. The summed E-state index contributed by atoms with van der Waals surface area (Å²) in [5.41, 5.74) is -5.00. The van der Waals surface area contributed by atoms with Gasteiger partial charge in [-0.2, -0.15) is 0 Å². The highest BCUT2D eigenvalue weighted by Gasteiger charge is 2.44. The predicted octanol–water partition coefficient (Wildman–Crippen LogP) is 5.46. The van der Waals surface area contributed by atoms with Crippen molar-refractivity contribution in [3.8, 4) is 11.8 Å².